The van der Waals surface area contributed by atoms with Crippen molar-refractivity contribution in [3.05, 3.63) is 29.0 Å². The summed E-state index contributed by atoms with van der Waals surface area (Å²) in [6.07, 6.45) is 1.77. The number of aromatic nitrogens is 1. The van der Waals surface area contributed by atoms with Crippen LogP contribution in [0.4, 0.5) is 0 Å². The molecule has 0 aliphatic rings. The minimum absolute atomic E-state index is 0.194. The third-order valence-electron chi connectivity index (χ3n) is 2.90. The first-order chi connectivity index (χ1) is 7.54. The van der Waals surface area contributed by atoms with Crippen molar-refractivity contribution in [3.8, 4) is 0 Å². The zero-order valence-electron chi connectivity index (χ0n) is 9.94. The van der Waals surface area contributed by atoms with Gasteiger partial charge in [0.25, 0.3) is 0 Å². The van der Waals surface area contributed by atoms with Crippen LogP contribution in [-0.2, 0) is 0 Å². The van der Waals surface area contributed by atoms with Crippen LogP contribution >= 0.6 is 11.6 Å². The Morgan fingerprint density at radius 3 is 2.56 bits per heavy atom. The molecule has 0 saturated carbocycles. The van der Waals surface area contributed by atoms with Crippen LogP contribution < -0.4 is 5.32 Å². The highest BCUT2D eigenvalue weighted by Gasteiger charge is 2.14. The summed E-state index contributed by atoms with van der Waals surface area (Å²) in [6, 6.07) is 4.21. The fourth-order valence-electron chi connectivity index (χ4n) is 1.46. The van der Waals surface area contributed by atoms with Gasteiger partial charge >= 0.3 is 0 Å². The van der Waals surface area contributed by atoms with E-state index in [1.807, 2.05) is 13.0 Å². The van der Waals surface area contributed by atoms with E-state index in [9.17, 15) is 0 Å². The van der Waals surface area contributed by atoms with E-state index in [0.29, 0.717) is 5.15 Å². The molecule has 3 atom stereocenters. The molecule has 0 radical (unpaired) electrons. The molecule has 1 heterocycles. The van der Waals surface area contributed by atoms with Crippen molar-refractivity contribution in [1.29, 1.82) is 0 Å². The second-order valence-electron chi connectivity index (χ2n) is 4.25. The Hall–Kier alpha value is -0.640. The SMILES string of the molecule is CC(NC(C)C(C)CO)c1ccc(Cl)nc1. The highest BCUT2D eigenvalue weighted by molar-refractivity contribution is 6.29. The molecule has 0 amide bonds. The fraction of sp³-hybridized carbons (Fsp3) is 0.583. The average Bonchev–Trinajstić information content (AvgIpc) is 2.28. The molecule has 0 aliphatic carbocycles. The maximum absolute atomic E-state index is 9.06. The van der Waals surface area contributed by atoms with Crippen LogP contribution in [0.3, 0.4) is 0 Å². The van der Waals surface area contributed by atoms with Crippen LogP contribution in [0.2, 0.25) is 5.15 Å². The molecule has 1 aromatic heterocycles. The van der Waals surface area contributed by atoms with E-state index in [0.717, 1.165) is 5.56 Å². The van der Waals surface area contributed by atoms with E-state index in [1.54, 1.807) is 12.3 Å². The summed E-state index contributed by atoms with van der Waals surface area (Å²) in [5.41, 5.74) is 1.10. The smallest absolute Gasteiger partial charge is 0.129 e. The second kappa shape index (κ2) is 6.18. The molecule has 0 spiro atoms. The molecule has 16 heavy (non-hydrogen) atoms. The predicted octanol–water partition coefficient (Wildman–Crippen LogP) is 2.40. The lowest BCUT2D eigenvalue weighted by molar-refractivity contribution is 0.202. The van der Waals surface area contributed by atoms with Gasteiger partial charge in [-0.1, -0.05) is 24.6 Å². The Kier molecular flexibility index (Phi) is 5.19. The van der Waals surface area contributed by atoms with E-state index in [2.05, 4.69) is 24.1 Å². The Labute approximate surface area is 102 Å². The summed E-state index contributed by atoms with van der Waals surface area (Å²) in [6.45, 7) is 6.36. The Balaban J connectivity index is 2.58. The van der Waals surface area contributed by atoms with Gasteiger partial charge in [-0.25, -0.2) is 4.98 Å². The quantitative estimate of drug-likeness (QED) is 0.780. The molecule has 4 heteroatoms. The summed E-state index contributed by atoms with van der Waals surface area (Å²) >= 11 is 5.73. The van der Waals surface area contributed by atoms with Crippen LogP contribution in [-0.4, -0.2) is 22.7 Å². The highest BCUT2D eigenvalue weighted by atomic mass is 35.5. The lowest BCUT2D eigenvalue weighted by Gasteiger charge is -2.24. The van der Waals surface area contributed by atoms with E-state index < -0.39 is 0 Å². The van der Waals surface area contributed by atoms with Gasteiger partial charge in [-0.15, -0.1) is 0 Å². The van der Waals surface area contributed by atoms with Crippen LogP contribution in [0.15, 0.2) is 18.3 Å². The van der Waals surface area contributed by atoms with Crippen LogP contribution in [0.25, 0.3) is 0 Å². The van der Waals surface area contributed by atoms with Crippen molar-refractivity contribution >= 4 is 11.6 Å². The van der Waals surface area contributed by atoms with Gasteiger partial charge in [-0.2, -0.15) is 0 Å². The number of halogens is 1. The number of nitrogens with zero attached hydrogens (tertiary/aromatic N) is 1. The normalized spacial score (nSPS) is 16.8. The van der Waals surface area contributed by atoms with Gasteiger partial charge in [0.1, 0.15) is 5.15 Å². The maximum Gasteiger partial charge on any atom is 0.129 e. The van der Waals surface area contributed by atoms with Crippen LogP contribution in [0.1, 0.15) is 32.4 Å². The predicted molar refractivity (Wildman–Crippen MR) is 66.5 cm³/mol. The van der Waals surface area contributed by atoms with Crippen molar-refractivity contribution in [2.75, 3.05) is 6.61 Å². The number of nitrogens with one attached hydrogen (secondary N) is 1. The minimum atomic E-state index is 0.194. The third-order valence-corrected chi connectivity index (χ3v) is 3.13. The molecular formula is C12H19ClN2O. The van der Waals surface area contributed by atoms with Gasteiger partial charge in [0.15, 0.2) is 0 Å². The topological polar surface area (TPSA) is 45.1 Å². The van der Waals surface area contributed by atoms with Crippen LogP contribution in [0.5, 0.6) is 0 Å². The van der Waals surface area contributed by atoms with E-state index in [4.69, 9.17) is 16.7 Å². The van der Waals surface area contributed by atoms with Gasteiger partial charge < -0.3 is 10.4 Å². The van der Waals surface area contributed by atoms with Crippen molar-refractivity contribution in [2.24, 2.45) is 5.92 Å². The Morgan fingerprint density at radius 1 is 1.38 bits per heavy atom. The van der Waals surface area contributed by atoms with Gasteiger partial charge in [0.2, 0.25) is 0 Å². The Bertz CT molecular complexity index is 315. The van der Waals surface area contributed by atoms with Gasteiger partial charge in [-0.05, 0) is 31.4 Å². The molecule has 90 valence electrons. The first kappa shape index (κ1) is 13.4. The van der Waals surface area contributed by atoms with Crippen LogP contribution in [0, 0.1) is 5.92 Å². The molecule has 2 N–H and O–H groups in total. The van der Waals surface area contributed by atoms with Crippen molar-refractivity contribution in [1.82, 2.24) is 10.3 Å². The molecule has 3 nitrogen and oxygen atoms in total. The number of pyridine rings is 1. The summed E-state index contributed by atoms with van der Waals surface area (Å²) in [7, 11) is 0. The first-order valence-corrected chi connectivity index (χ1v) is 5.90. The molecule has 1 rings (SSSR count). The molecule has 0 aliphatic heterocycles. The van der Waals surface area contributed by atoms with Gasteiger partial charge in [0.05, 0.1) is 0 Å². The van der Waals surface area contributed by atoms with Crippen molar-refractivity contribution in [3.63, 3.8) is 0 Å². The number of aliphatic hydroxyl groups is 1. The van der Waals surface area contributed by atoms with E-state index >= 15 is 0 Å². The largest absolute Gasteiger partial charge is 0.396 e. The Morgan fingerprint density at radius 2 is 2.06 bits per heavy atom. The number of hydrogen-bond acceptors (Lipinski definition) is 3. The highest BCUT2D eigenvalue weighted by Crippen LogP contribution is 2.15. The fourth-order valence-corrected chi connectivity index (χ4v) is 1.57. The maximum atomic E-state index is 9.06. The van der Waals surface area contributed by atoms with E-state index in [1.165, 1.54) is 0 Å². The molecule has 0 fully saturated rings. The molecule has 0 bridgehead atoms. The average molecular weight is 243 g/mol. The van der Waals surface area contributed by atoms with Gasteiger partial charge in [0, 0.05) is 24.9 Å². The lowest BCUT2D eigenvalue weighted by atomic mass is 10.0. The molecule has 0 aromatic carbocycles. The van der Waals surface area contributed by atoms with Gasteiger partial charge in [-0.3, -0.25) is 0 Å². The van der Waals surface area contributed by atoms with E-state index in [-0.39, 0.29) is 24.6 Å². The first-order valence-electron chi connectivity index (χ1n) is 5.53. The molecular weight excluding hydrogens is 224 g/mol. The molecule has 3 unspecified atom stereocenters. The minimum Gasteiger partial charge on any atom is -0.396 e. The summed E-state index contributed by atoms with van der Waals surface area (Å²) in [5, 5.41) is 13.0. The monoisotopic (exact) mass is 242 g/mol. The zero-order valence-corrected chi connectivity index (χ0v) is 10.7. The number of hydrogen-bond donors (Lipinski definition) is 2. The third kappa shape index (κ3) is 3.74. The van der Waals surface area contributed by atoms with Crippen molar-refractivity contribution < 1.29 is 5.11 Å². The number of rotatable bonds is 5. The van der Waals surface area contributed by atoms with Crippen molar-refractivity contribution in [2.45, 2.75) is 32.9 Å². The lowest BCUT2D eigenvalue weighted by Crippen LogP contribution is -2.35. The number of aliphatic hydroxyl groups excluding tert-OH is 1. The standard InChI is InChI=1S/C12H19ClN2O/c1-8(7-16)9(2)15-10(3)11-4-5-12(13)14-6-11/h4-6,8-10,15-16H,7H2,1-3H3. The summed E-state index contributed by atoms with van der Waals surface area (Å²) in [5.74, 6) is 0.239. The summed E-state index contributed by atoms with van der Waals surface area (Å²) < 4.78 is 0. The zero-order chi connectivity index (χ0) is 12.1. The molecule has 0 saturated heterocycles. The molecule has 1 aromatic rings. The summed E-state index contributed by atoms with van der Waals surface area (Å²) in [4.78, 5) is 4.05. The second-order valence-corrected chi connectivity index (χ2v) is 4.64.